The first-order chi connectivity index (χ1) is 9.93. The first-order valence-corrected chi connectivity index (χ1v) is 6.64. The molecular weight excluding hydrogens is 419 g/mol. The van der Waals surface area contributed by atoms with Crippen molar-refractivity contribution in [3.63, 3.8) is 0 Å². The summed E-state index contributed by atoms with van der Waals surface area (Å²) in [4.78, 5) is 0. The van der Waals surface area contributed by atoms with Gasteiger partial charge in [-0.2, -0.15) is 35.0 Å². The van der Waals surface area contributed by atoms with Crippen molar-refractivity contribution in [3.05, 3.63) is 98.1 Å². The van der Waals surface area contributed by atoms with Gasteiger partial charge in [0.25, 0.3) is 0 Å². The van der Waals surface area contributed by atoms with Crippen molar-refractivity contribution in [2.24, 2.45) is 0 Å². The van der Waals surface area contributed by atoms with Crippen LogP contribution in [0.5, 0.6) is 0 Å². The minimum atomic E-state index is 0. The zero-order valence-electron chi connectivity index (χ0n) is 12.0. The monoisotopic (exact) mass is 438 g/mol. The van der Waals surface area contributed by atoms with E-state index in [9.17, 15) is 0 Å². The molecule has 0 saturated carbocycles. The van der Waals surface area contributed by atoms with Crippen molar-refractivity contribution in [3.8, 4) is 0 Å². The van der Waals surface area contributed by atoms with Crippen LogP contribution in [0.1, 0.15) is 0 Å². The van der Waals surface area contributed by atoms with Crippen molar-refractivity contribution in [1.82, 2.24) is 0 Å². The molecule has 100 valence electrons. The second-order valence-electron chi connectivity index (χ2n) is 4.31. The summed E-state index contributed by atoms with van der Waals surface area (Å²) >= 11 is 0. The molecule has 0 amide bonds. The average Bonchev–Trinajstić information content (AvgIpc) is 3.18. The van der Waals surface area contributed by atoms with E-state index in [2.05, 4.69) is 98.1 Å². The molecule has 1 heteroatoms. The zero-order chi connectivity index (χ0) is 14.2. The van der Waals surface area contributed by atoms with Crippen LogP contribution in [-0.4, -0.2) is 0 Å². The Kier molecular flexibility index (Phi) is 7.63. The molecule has 0 bridgehead atoms. The molecule has 4 rings (SSSR count). The van der Waals surface area contributed by atoms with Gasteiger partial charge in [0, 0.05) is 0 Å². The third-order valence-electron chi connectivity index (χ3n) is 3.10. The maximum atomic E-state index is 3.00. The largest absolute Gasteiger partial charge is 4.00 e. The Morgan fingerprint density at radius 1 is 0.571 bits per heavy atom. The summed E-state index contributed by atoms with van der Waals surface area (Å²) in [7, 11) is 0. The van der Waals surface area contributed by atoms with Gasteiger partial charge in [0.05, 0.1) is 0 Å². The van der Waals surface area contributed by atoms with Gasteiger partial charge in [-0.15, -0.1) is 72.5 Å². The standard InChI is InChI=1S/2C9H7.C2H4.Hf/c2*1-2-5-9-7-3-6-8(9)4-1;1-2;/h2*1-7H;1-2H2;/q2*-1;;+4. The molecule has 0 heterocycles. The Morgan fingerprint density at radius 2 is 0.952 bits per heavy atom. The summed E-state index contributed by atoms with van der Waals surface area (Å²) in [5, 5.41) is 5.32. The third-order valence-corrected chi connectivity index (χ3v) is 3.10. The van der Waals surface area contributed by atoms with Crippen LogP contribution in [0.4, 0.5) is 0 Å². The summed E-state index contributed by atoms with van der Waals surface area (Å²) < 4.78 is 0. The minimum Gasteiger partial charge on any atom is -0.168 e. The van der Waals surface area contributed by atoms with Gasteiger partial charge in [-0.05, 0) is 0 Å². The predicted octanol–water partition coefficient (Wildman–Crippen LogP) is 5.92. The molecule has 0 radical (unpaired) electrons. The molecule has 0 aliphatic rings. The van der Waals surface area contributed by atoms with Crippen molar-refractivity contribution >= 4 is 21.5 Å². The van der Waals surface area contributed by atoms with Crippen molar-refractivity contribution < 1.29 is 25.8 Å². The van der Waals surface area contributed by atoms with Crippen LogP contribution in [0.15, 0.2) is 98.1 Å². The van der Waals surface area contributed by atoms with Crippen molar-refractivity contribution in [1.29, 1.82) is 0 Å². The Balaban J connectivity index is 0.000000181. The van der Waals surface area contributed by atoms with Crippen molar-refractivity contribution in [2.45, 2.75) is 0 Å². The van der Waals surface area contributed by atoms with Gasteiger partial charge in [-0.1, -0.05) is 12.1 Å². The molecule has 0 atom stereocenters. The van der Waals surface area contributed by atoms with Crippen LogP contribution in [0.25, 0.3) is 21.5 Å². The second-order valence-corrected chi connectivity index (χ2v) is 4.31. The molecule has 4 aromatic carbocycles. The molecular formula is C20H18Hf+2. The molecule has 0 unspecified atom stereocenters. The number of hydrogen-bond acceptors (Lipinski definition) is 0. The number of rotatable bonds is 0. The van der Waals surface area contributed by atoms with Gasteiger partial charge >= 0.3 is 25.8 Å². The van der Waals surface area contributed by atoms with E-state index in [1.54, 1.807) is 0 Å². The molecule has 0 aliphatic carbocycles. The maximum Gasteiger partial charge on any atom is 4.00 e. The normalized spacial score (nSPS) is 8.95. The summed E-state index contributed by atoms with van der Waals surface area (Å²) in [5.74, 6) is 0. The van der Waals surface area contributed by atoms with Gasteiger partial charge in [0.1, 0.15) is 0 Å². The fraction of sp³-hybridized carbons (Fsp3) is 0. The Morgan fingerprint density at radius 3 is 1.33 bits per heavy atom. The first-order valence-electron chi connectivity index (χ1n) is 6.64. The van der Waals surface area contributed by atoms with E-state index >= 15 is 0 Å². The third kappa shape index (κ3) is 4.64. The van der Waals surface area contributed by atoms with Crippen LogP contribution < -0.4 is 0 Å². The van der Waals surface area contributed by atoms with E-state index in [-0.39, 0.29) is 25.8 Å². The summed E-state index contributed by atoms with van der Waals surface area (Å²) in [6, 6.07) is 29.3. The average molecular weight is 437 g/mol. The predicted molar refractivity (Wildman–Crippen MR) is 90.3 cm³/mol. The van der Waals surface area contributed by atoms with Gasteiger partial charge in [-0.25, -0.2) is 0 Å². The summed E-state index contributed by atoms with van der Waals surface area (Å²) in [6.07, 6.45) is 0. The van der Waals surface area contributed by atoms with E-state index in [1.165, 1.54) is 21.5 Å². The van der Waals surface area contributed by atoms with E-state index in [0.717, 1.165) is 0 Å². The van der Waals surface area contributed by atoms with Crippen LogP contribution in [0.3, 0.4) is 0 Å². The molecule has 0 aliphatic heterocycles. The molecule has 21 heavy (non-hydrogen) atoms. The Labute approximate surface area is 145 Å². The summed E-state index contributed by atoms with van der Waals surface area (Å²) in [5.41, 5.74) is 0. The minimum absolute atomic E-state index is 0. The van der Waals surface area contributed by atoms with E-state index in [4.69, 9.17) is 0 Å². The fourth-order valence-electron chi connectivity index (χ4n) is 2.14. The Bertz CT molecular complexity index is 635. The molecule has 0 spiro atoms. The van der Waals surface area contributed by atoms with Crippen LogP contribution >= 0.6 is 0 Å². The fourth-order valence-corrected chi connectivity index (χ4v) is 2.14. The quantitative estimate of drug-likeness (QED) is 0.182. The second kappa shape index (κ2) is 9.25. The van der Waals surface area contributed by atoms with E-state index in [1.807, 2.05) is 0 Å². The smallest absolute Gasteiger partial charge is 0.168 e. The topological polar surface area (TPSA) is 0 Å². The number of fused-ring (bicyclic) bond motifs is 2. The van der Waals surface area contributed by atoms with Gasteiger partial charge in [-0.3, -0.25) is 0 Å². The maximum absolute atomic E-state index is 3.00. The summed E-state index contributed by atoms with van der Waals surface area (Å²) in [6.45, 7) is 6.00. The SMILES string of the molecule is C=C.[Hf+4].c1ccc2[cH-]ccc2c1.c1ccc2[cH-]ccc2c1. The molecule has 0 fully saturated rings. The first kappa shape index (κ1) is 17.3. The van der Waals surface area contributed by atoms with Gasteiger partial charge < -0.3 is 0 Å². The van der Waals surface area contributed by atoms with E-state index < -0.39 is 0 Å². The molecule has 0 saturated heterocycles. The molecule has 4 aromatic rings. The number of benzene rings is 2. The molecule has 0 aromatic heterocycles. The molecule has 0 N–H and O–H groups in total. The Hall–Kier alpha value is -1.73. The van der Waals surface area contributed by atoms with E-state index in [0.29, 0.717) is 0 Å². The van der Waals surface area contributed by atoms with Crippen LogP contribution in [0.2, 0.25) is 0 Å². The number of hydrogen-bond donors (Lipinski definition) is 0. The van der Waals surface area contributed by atoms with Crippen LogP contribution in [-0.2, 0) is 25.8 Å². The molecule has 0 nitrogen and oxygen atoms in total. The van der Waals surface area contributed by atoms with Gasteiger partial charge in [0.15, 0.2) is 0 Å². The van der Waals surface area contributed by atoms with Crippen LogP contribution in [0, 0.1) is 0 Å². The zero-order valence-corrected chi connectivity index (χ0v) is 15.6. The van der Waals surface area contributed by atoms with Gasteiger partial charge in [0.2, 0.25) is 0 Å². The van der Waals surface area contributed by atoms with Crippen molar-refractivity contribution in [2.75, 3.05) is 0 Å².